The number of aliphatic hydroxyl groups is 1. The second-order valence-corrected chi connectivity index (χ2v) is 3.61. The van der Waals surface area contributed by atoms with Gasteiger partial charge in [-0.15, -0.1) is 0 Å². The summed E-state index contributed by atoms with van der Waals surface area (Å²) >= 11 is 0. The fourth-order valence-electron chi connectivity index (χ4n) is 1.84. The van der Waals surface area contributed by atoms with E-state index in [0.29, 0.717) is 0 Å². The van der Waals surface area contributed by atoms with E-state index in [-0.39, 0.29) is 6.61 Å². The SMILES string of the molecule is COc1c(C)cc(CCO)c(C)c1C. The average molecular weight is 194 g/mol. The molecule has 0 aliphatic carbocycles. The predicted molar refractivity (Wildman–Crippen MR) is 58.0 cm³/mol. The maximum absolute atomic E-state index is 8.92. The Hall–Kier alpha value is -1.02. The van der Waals surface area contributed by atoms with Crippen LogP contribution in [-0.2, 0) is 6.42 Å². The lowest BCUT2D eigenvalue weighted by Crippen LogP contribution is -2.00. The number of aliphatic hydroxyl groups excluding tert-OH is 1. The van der Waals surface area contributed by atoms with E-state index in [1.54, 1.807) is 7.11 Å². The van der Waals surface area contributed by atoms with Crippen molar-refractivity contribution < 1.29 is 9.84 Å². The average Bonchev–Trinajstić information content (AvgIpc) is 2.15. The summed E-state index contributed by atoms with van der Waals surface area (Å²) < 4.78 is 5.33. The van der Waals surface area contributed by atoms with E-state index in [2.05, 4.69) is 19.9 Å². The molecule has 0 spiro atoms. The second kappa shape index (κ2) is 4.47. The molecule has 0 atom stereocenters. The molecule has 1 aromatic rings. The molecule has 0 radical (unpaired) electrons. The van der Waals surface area contributed by atoms with Crippen LogP contribution in [0, 0.1) is 20.8 Å². The molecule has 0 heterocycles. The number of hydrogen-bond acceptors (Lipinski definition) is 2. The molecule has 2 nitrogen and oxygen atoms in total. The third-order valence-electron chi connectivity index (χ3n) is 2.72. The van der Waals surface area contributed by atoms with Gasteiger partial charge in [-0.1, -0.05) is 6.07 Å². The number of rotatable bonds is 3. The molecule has 14 heavy (non-hydrogen) atoms. The van der Waals surface area contributed by atoms with Crippen LogP contribution in [0.3, 0.4) is 0 Å². The summed E-state index contributed by atoms with van der Waals surface area (Å²) in [6, 6.07) is 2.09. The molecular formula is C12H18O2. The zero-order valence-corrected chi connectivity index (χ0v) is 9.35. The molecule has 0 saturated heterocycles. The highest BCUT2D eigenvalue weighted by molar-refractivity contribution is 5.48. The summed E-state index contributed by atoms with van der Waals surface area (Å²) in [6.07, 6.45) is 0.720. The second-order valence-electron chi connectivity index (χ2n) is 3.61. The van der Waals surface area contributed by atoms with Gasteiger partial charge in [0.1, 0.15) is 5.75 Å². The lowest BCUT2D eigenvalue weighted by atomic mass is 9.97. The van der Waals surface area contributed by atoms with Crippen molar-refractivity contribution in [3.8, 4) is 5.75 Å². The van der Waals surface area contributed by atoms with Crippen molar-refractivity contribution in [3.05, 3.63) is 28.3 Å². The van der Waals surface area contributed by atoms with Crippen LogP contribution < -0.4 is 4.74 Å². The first-order valence-electron chi connectivity index (χ1n) is 4.86. The summed E-state index contributed by atoms with van der Waals surface area (Å²) in [5, 5.41) is 8.92. The molecule has 1 N–H and O–H groups in total. The first-order valence-corrected chi connectivity index (χ1v) is 4.86. The van der Waals surface area contributed by atoms with Crippen LogP contribution in [0.15, 0.2) is 6.07 Å². The molecule has 0 saturated carbocycles. The van der Waals surface area contributed by atoms with E-state index in [4.69, 9.17) is 9.84 Å². The van der Waals surface area contributed by atoms with Gasteiger partial charge in [-0.2, -0.15) is 0 Å². The first kappa shape index (κ1) is 11.1. The molecule has 0 fully saturated rings. The minimum Gasteiger partial charge on any atom is -0.496 e. The number of hydrogen-bond donors (Lipinski definition) is 1. The Morgan fingerprint density at radius 3 is 2.36 bits per heavy atom. The van der Waals surface area contributed by atoms with Gasteiger partial charge in [-0.05, 0) is 49.4 Å². The van der Waals surface area contributed by atoms with Gasteiger partial charge in [0.2, 0.25) is 0 Å². The van der Waals surface area contributed by atoms with Crippen molar-refractivity contribution in [2.75, 3.05) is 13.7 Å². The Labute approximate surface area is 85.5 Å². The molecule has 1 rings (SSSR count). The maximum Gasteiger partial charge on any atom is 0.124 e. The van der Waals surface area contributed by atoms with E-state index >= 15 is 0 Å². The lowest BCUT2D eigenvalue weighted by molar-refractivity contribution is 0.299. The molecule has 0 aliphatic rings. The summed E-state index contributed by atoms with van der Waals surface area (Å²) in [6.45, 7) is 6.36. The number of aryl methyl sites for hydroxylation is 1. The van der Waals surface area contributed by atoms with Gasteiger partial charge >= 0.3 is 0 Å². The quantitative estimate of drug-likeness (QED) is 0.799. The summed E-state index contributed by atoms with van der Waals surface area (Å²) in [7, 11) is 1.69. The Morgan fingerprint density at radius 1 is 1.21 bits per heavy atom. The minimum atomic E-state index is 0.200. The van der Waals surface area contributed by atoms with Crippen LogP contribution in [0.4, 0.5) is 0 Å². The highest BCUT2D eigenvalue weighted by Crippen LogP contribution is 2.28. The van der Waals surface area contributed by atoms with Gasteiger partial charge in [0.05, 0.1) is 7.11 Å². The molecule has 1 aromatic carbocycles. The fourth-order valence-corrected chi connectivity index (χ4v) is 1.84. The predicted octanol–water partition coefficient (Wildman–Crippen LogP) is 2.16. The number of ether oxygens (including phenoxy) is 1. The lowest BCUT2D eigenvalue weighted by Gasteiger charge is -2.14. The van der Waals surface area contributed by atoms with Crippen LogP contribution in [0.1, 0.15) is 22.3 Å². The molecule has 0 unspecified atom stereocenters. The molecule has 78 valence electrons. The van der Waals surface area contributed by atoms with Gasteiger partial charge < -0.3 is 9.84 Å². The van der Waals surface area contributed by atoms with Crippen molar-refractivity contribution in [2.24, 2.45) is 0 Å². The maximum atomic E-state index is 8.92. The third kappa shape index (κ3) is 1.90. The van der Waals surface area contributed by atoms with Crippen LogP contribution in [0.25, 0.3) is 0 Å². The van der Waals surface area contributed by atoms with Crippen LogP contribution >= 0.6 is 0 Å². The third-order valence-corrected chi connectivity index (χ3v) is 2.72. The van der Waals surface area contributed by atoms with E-state index < -0.39 is 0 Å². The van der Waals surface area contributed by atoms with Crippen LogP contribution in [-0.4, -0.2) is 18.8 Å². The molecule has 2 heteroatoms. The topological polar surface area (TPSA) is 29.5 Å². The minimum absolute atomic E-state index is 0.200. The van der Waals surface area contributed by atoms with Crippen molar-refractivity contribution in [1.82, 2.24) is 0 Å². The Bertz CT molecular complexity index is 330. The standard InChI is InChI=1S/C12H18O2/c1-8-7-11(5-6-13)9(2)10(3)12(8)14-4/h7,13H,5-6H2,1-4H3. The zero-order chi connectivity index (χ0) is 10.7. The van der Waals surface area contributed by atoms with E-state index in [1.165, 1.54) is 16.7 Å². The summed E-state index contributed by atoms with van der Waals surface area (Å²) in [5.74, 6) is 0.962. The van der Waals surface area contributed by atoms with Crippen molar-refractivity contribution in [3.63, 3.8) is 0 Å². The number of benzene rings is 1. The van der Waals surface area contributed by atoms with Gasteiger partial charge in [0.25, 0.3) is 0 Å². The monoisotopic (exact) mass is 194 g/mol. The first-order chi connectivity index (χ1) is 6.61. The smallest absolute Gasteiger partial charge is 0.124 e. The Balaban J connectivity index is 3.25. The number of methoxy groups -OCH3 is 1. The summed E-state index contributed by atoms with van der Waals surface area (Å²) in [5.41, 5.74) is 4.75. The van der Waals surface area contributed by atoms with E-state index in [0.717, 1.165) is 17.7 Å². The fraction of sp³-hybridized carbons (Fsp3) is 0.500. The molecule has 0 bridgehead atoms. The molecule has 0 aromatic heterocycles. The van der Waals surface area contributed by atoms with Crippen molar-refractivity contribution >= 4 is 0 Å². The zero-order valence-electron chi connectivity index (χ0n) is 9.35. The van der Waals surface area contributed by atoms with Crippen molar-refractivity contribution in [2.45, 2.75) is 27.2 Å². The Morgan fingerprint density at radius 2 is 1.86 bits per heavy atom. The normalized spacial score (nSPS) is 10.4. The van der Waals surface area contributed by atoms with E-state index in [9.17, 15) is 0 Å². The largest absolute Gasteiger partial charge is 0.496 e. The van der Waals surface area contributed by atoms with Gasteiger partial charge in [0.15, 0.2) is 0 Å². The van der Waals surface area contributed by atoms with Crippen LogP contribution in [0.5, 0.6) is 5.75 Å². The van der Waals surface area contributed by atoms with Crippen molar-refractivity contribution in [1.29, 1.82) is 0 Å². The highest BCUT2D eigenvalue weighted by atomic mass is 16.5. The highest BCUT2D eigenvalue weighted by Gasteiger charge is 2.09. The van der Waals surface area contributed by atoms with Crippen LogP contribution in [0.2, 0.25) is 0 Å². The summed E-state index contributed by atoms with van der Waals surface area (Å²) in [4.78, 5) is 0. The van der Waals surface area contributed by atoms with Gasteiger partial charge in [-0.3, -0.25) is 0 Å². The van der Waals surface area contributed by atoms with E-state index in [1.807, 2.05) is 6.92 Å². The molecule has 0 amide bonds. The molecular weight excluding hydrogens is 176 g/mol. The molecule has 0 aliphatic heterocycles. The van der Waals surface area contributed by atoms with Gasteiger partial charge in [-0.25, -0.2) is 0 Å². The Kier molecular flexibility index (Phi) is 3.53. The van der Waals surface area contributed by atoms with Gasteiger partial charge in [0, 0.05) is 6.61 Å².